The lowest BCUT2D eigenvalue weighted by Gasteiger charge is -2.12. The second-order valence-corrected chi connectivity index (χ2v) is 7.38. The van der Waals surface area contributed by atoms with Crippen LogP contribution in [0.2, 0.25) is 0 Å². The van der Waals surface area contributed by atoms with Crippen LogP contribution in [0.25, 0.3) is 22.2 Å². The molecule has 1 aromatic heterocycles. The van der Waals surface area contributed by atoms with E-state index in [0.29, 0.717) is 16.0 Å². The van der Waals surface area contributed by atoms with Crippen LogP contribution in [0.5, 0.6) is 5.75 Å². The normalized spacial score (nSPS) is 11.4. The Morgan fingerprint density at radius 3 is 2.60 bits per heavy atom. The van der Waals surface area contributed by atoms with Crippen LogP contribution in [0.4, 0.5) is 0 Å². The van der Waals surface area contributed by atoms with Gasteiger partial charge in [0.25, 0.3) is 0 Å². The van der Waals surface area contributed by atoms with Gasteiger partial charge in [-0.15, -0.1) is 10.2 Å². The molecule has 9 nitrogen and oxygen atoms in total. The lowest BCUT2D eigenvalue weighted by Crippen LogP contribution is -2.11. The second-order valence-electron chi connectivity index (χ2n) is 4.96. The molecular formula is C14H12N5O4PS. The summed E-state index contributed by atoms with van der Waals surface area (Å²) < 4.78 is 16.3. The summed E-state index contributed by atoms with van der Waals surface area (Å²) in [7, 11) is -4.38. The van der Waals surface area contributed by atoms with Crippen molar-refractivity contribution in [2.24, 2.45) is 0 Å². The van der Waals surface area contributed by atoms with Crippen molar-refractivity contribution < 1.29 is 19.1 Å². The number of ether oxygens (including phenoxy) is 1. The van der Waals surface area contributed by atoms with Gasteiger partial charge in [-0.1, -0.05) is 35.2 Å². The van der Waals surface area contributed by atoms with Crippen molar-refractivity contribution in [1.29, 1.82) is 5.26 Å². The van der Waals surface area contributed by atoms with Crippen LogP contribution in [0.3, 0.4) is 0 Å². The predicted molar refractivity (Wildman–Crippen MR) is 92.1 cm³/mol. The second kappa shape index (κ2) is 6.74. The maximum atomic E-state index is 11.1. The van der Waals surface area contributed by atoms with Gasteiger partial charge in [-0.2, -0.15) is 5.26 Å². The van der Waals surface area contributed by atoms with Crippen molar-refractivity contribution in [3.63, 3.8) is 0 Å². The van der Waals surface area contributed by atoms with Gasteiger partial charge >= 0.3 is 7.60 Å². The van der Waals surface area contributed by atoms with Crippen LogP contribution in [-0.4, -0.2) is 31.2 Å². The Labute approximate surface area is 146 Å². The Balaban J connectivity index is 2.24. The van der Waals surface area contributed by atoms with Crippen LogP contribution in [0, 0.1) is 10.7 Å². The molecule has 0 saturated carbocycles. The van der Waals surface area contributed by atoms with Gasteiger partial charge < -0.3 is 20.4 Å². The average molecular weight is 377 g/mol. The maximum Gasteiger partial charge on any atom is 0.362 e. The summed E-state index contributed by atoms with van der Waals surface area (Å²) in [4.78, 5) is 19.4. The third kappa shape index (κ3) is 3.75. The molecule has 4 N–H and O–H groups in total. The van der Waals surface area contributed by atoms with Gasteiger partial charge in [0.15, 0.2) is 17.6 Å². The first kappa shape index (κ1) is 17.3. The van der Waals surface area contributed by atoms with Crippen molar-refractivity contribution >= 4 is 30.4 Å². The van der Waals surface area contributed by atoms with E-state index in [1.165, 1.54) is 6.07 Å². The van der Waals surface area contributed by atoms with Gasteiger partial charge in [0.2, 0.25) is 0 Å². The number of aromatic nitrogens is 3. The van der Waals surface area contributed by atoms with Crippen LogP contribution in [-0.2, 0) is 4.57 Å². The molecule has 1 heterocycles. The molecule has 3 aromatic rings. The molecular weight excluding hydrogens is 365 g/mol. The number of thioether (sulfide) groups is 1. The summed E-state index contributed by atoms with van der Waals surface area (Å²) in [5.41, 5.74) is 2.06. The summed E-state index contributed by atoms with van der Waals surface area (Å²) in [6, 6.07) is 10.7. The van der Waals surface area contributed by atoms with E-state index in [2.05, 4.69) is 10.2 Å². The molecule has 0 atom stereocenters. The average Bonchev–Trinajstić information content (AvgIpc) is 2.94. The highest BCUT2D eigenvalue weighted by Crippen LogP contribution is 2.42. The highest BCUT2D eigenvalue weighted by atomic mass is 32.2. The summed E-state index contributed by atoms with van der Waals surface area (Å²) in [5.74, 6) is 5.72. The zero-order valence-corrected chi connectivity index (χ0v) is 14.3. The van der Waals surface area contributed by atoms with Gasteiger partial charge in [-0.05, 0) is 23.4 Å². The van der Waals surface area contributed by atoms with Crippen LogP contribution < -0.4 is 10.6 Å². The number of nitrogens with zero attached hydrogens (tertiary/aromatic N) is 4. The Bertz CT molecular complexity index is 1010. The van der Waals surface area contributed by atoms with E-state index in [4.69, 9.17) is 25.6 Å². The van der Waals surface area contributed by atoms with Crippen LogP contribution in [0.15, 0.2) is 41.3 Å². The van der Waals surface area contributed by atoms with E-state index in [0.717, 1.165) is 22.2 Å². The largest absolute Gasteiger partial charge is 0.478 e. The number of nitriles is 1. The molecule has 0 radical (unpaired) electrons. The smallest absolute Gasteiger partial charge is 0.362 e. The Morgan fingerprint density at radius 1 is 1.28 bits per heavy atom. The summed E-state index contributed by atoms with van der Waals surface area (Å²) >= 11 is 0.882. The molecule has 0 unspecified atom stereocenters. The fourth-order valence-electron chi connectivity index (χ4n) is 2.31. The molecule has 0 saturated heterocycles. The minimum atomic E-state index is -4.38. The lowest BCUT2D eigenvalue weighted by atomic mass is 10.0. The quantitative estimate of drug-likeness (QED) is 0.262. The number of fused-ring (bicyclic) bond motifs is 1. The van der Waals surface area contributed by atoms with Crippen molar-refractivity contribution in [3.05, 3.63) is 36.4 Å². The number of hydrogen-bond acceptors (Lipinski definition) is 7. The van der Waals surface area contributed by atoms with E-state index < -0.39 is 13.9 Å². The van der Waals surface area contributed by atoms with Crippen molar-refractivity contribution in [1.82, 2.24) is 15.1 Å². The highest BCUT2D eigenvalue weighted by molar-refractivity contribution is 8.03. The standard InChI is InChI=1S/C14H12N5O4PS/c15-7-25-11-6-10(23-8-24(20,21)22)13-14(18-19(16)17-13)12(11)9-4-2-1-3-5-9/h1-6H,8,16H2,(H2,20,21,22). The fourth-order valence-corrected chi connectivity index (χ4v) is 3.20. The van der Waals surface area contributed by atoms with E-state index in [-0.39, 0.29) is 11.3 Å². The third-order valence-corrected chi connectivity index (χ3v) is 4.31. The summed E-state index contributed by atoms with van der Waals surface area (Å²) in [6.07, 6.45) is -0.819. The van der Waals surface area contributed by atoms with Gasteiger partial charge in [-0.25, -0.2) is 0 Å². The van der Waals surface area contributed by atoms with Crippen molar-refractivity contribution in [2.45, 2.75) is 4.90 Å². The fraction of sp³-hybridized carbons (Fsp3) is 0.0714. The molecule has 0 fully saturated rings. The van der Waals surface area contributed by atoms with E-state index in [1.54, 1.807) is 0 Å². The molecule has 0 aliphatic carbocycles. The summed E-state index contributed by atoms with van der Waals surface area (Å²) in [5, 5.41) is 19.2. The van der Waals surface area contributed by atoms with Crippen molar-refractivity contribution in [2.75, 3.05) is 12.2 Å². The molecule has 0 aliphatic rings. The topological polar surface area (TPSA) is 147 Å². The Hall–Kier alpha value is -2.57. The van der Waals surface area contributed by atoms with Crippen LogP contribution in [0.1, 0.15) is 0 Å². The first-order valence-corrected chi connectivity index (χ1v) is 9.48. The molecule has 0 bridgehead atoms. The predicted octanol–water partition coefficient (Wildman–Crippen LogP) is 1.90. The lowest BCUT2D eigenvalue weighted by molar-refractivity contribution is 0.302. The zero-order valence-electron chi connectivity index (χ0n) is 12.6. The highest BCUT2D eigenvalue weighted by Gasteiger charge is 2.22. The molecule has 128 valence electrons. The minimum Gasteiger partial charge on any atom is -0.478 e. The monoisotopic (exact) mass is 377 g/mol. The molecule has 0 amide bonds. The first-order valence-electron chi connectivity index (χ1n) is 6.87. The van der Waals surface area contributed by atoms with E-state index in [1.807, 2.05) is 35.7 Å². The van der Waals surface area contributed by atoms with Gasteiger partial charge in [0, 0.05) is 10.5 Å². The van der Waals surface area contributed by atoms with Crippen molar-refractivity contribution in [3.8, 4) is 22.3 Å². The van der Waals surface area contributed by atoms with Gasteiger partial charge in [-0.3, -0.25) is 4.57 Å². The van der Waals surface area contributed by atoms with E-state index >= 15 is 0 Å². The number of rotatable bonds is 5. The Morgan fingerprint density at radius 2 is 1.96 bits per heavy atom. The number of thiocyanates is 1. The molecule has 3 rings (SSSR count). The summed E-state index contributed by atoms with van der Waals surface area (Å²) in [6.45, 7) is 0. The minimum absolute atomic E-state index is 0.0902. The van der Waals surface area contributed by atoms with Crippen LogP contribution >= 0.6 is 19.4 Å². The molecule has 0 spiro atoms. The molecule has 11 heteroatoms. The SMILES string of the molecule is N#CSc1cc(OCP(=O)(O)O)c2nn(N)nc2c1-c1ccccc1. The number of nitrogen functional groups attached to an aromatic ring is 1. The number of benzene rings is 2. The van der Waals surface area contributed by atoms with Gasteiger partial charge in [0.1, 0.15) is 10.9 Å². The van der Waals surface area contributed by atoms with E-state index in [9.17, 15) is 4.57 Å². The molecule has 25 heavy (non-hydrogen) atoms. The Kier molecular flexibility index (Phi) is 4.65. The zero-order chi connectivity index (χ0) is 18.0. The first-order chi connectivity index (χ1) is 11.9. The third-order valence-electron chi connectivity index (χ3n) is 3.21. The number of nitrogens with two attached hydrogens (primary N) is 1. The molecule has 0 aliphatic heterocycles. The van der Waals surface area contributed by atoms with Gasteiger partial charge in [0.05, 0.1) is 0 Å². The number of hydrogen-bond donors (Lipinski definition) is 3. The molecule has 2 aromatic carbocycles. The maximum absolute atomic E-state index is 11.1.